The van der Waals surface area contributed by atoms with Crippen molar-refractivity contribution in [2.75, 3.05) is 52.9 Å². The maximum absolute atomic E-state index is 11.5. The molecule has 0 aliphatic rings. The molecule has 0 heterocycles. The summed E-state index contributed by atoms with van der Waals surface area (Å²) in [7, 11) is 0. The monoisotopic (exact) mass is 380 g/mol. The van der Waals surface area contributed by atoms with E-state index >= 15 is 0 Å². The van der Waals surface area contributed by atoms with Crippen LogP contribution in [0.5, 0.6) is 0 Å². The second kappa shape index (κ2) is 12.7. The maximum Gasteiger partial charge on any atom is 0.331 e. The minimum absolute atomic E-state index is 0.0338. The van der Waals surface area contributed by atoms with Crippen molar-refractivity contribution in [3.63, 3.8) is 0 Å². The molecule has 0 spiro atoms. The van der Waals surface area contributed by atoms with E-state index in [0.717, 1.165) is 12.2 Å². The highest BCUT2D eigenvalue weighted by Crippen LogP contribution is 2.20. The van der Waals surface area contributed by atoms with Gasteiger partial charge in [0.1, 0.15) is 0 Å². The molecule has 26 heavy (non-hydrogen) atoms. The van der Waals surface area contributed by atoms with Crippen LogP contribution in [0.2, 0.25) is 0 Å². The molecule has 10 nitrogen and oxygen atoms in total. The standard InChI is InChI=1S/C16H28O10/c17-7-15(8-18,9-19)3-5-25-13(23)1-2-14(24)26-6-4-16(10-20,11-21)12-22/h1-2,17-22H,3-12H2/b2-1-. The Morgan fingerprint density at radius 3 is 1.12 bits per heavy atom. The average Bonchev–Trinajstić information content (AvgIpc) is 2.68. The number of carbonyl (C=O) groups excluding carboxylic acids is 2. The van der Waals surface area contributed by atoms with Crippen LogP contribution in [0.4, 0.5) is 0 Å². The molecular formula is C16H28O10. The Labute approximate surface area is 151 Å². The van der Waals surface area contributed by atoms with Crippen LogP contribution in [0.25, 0.3) is 0 Å². The van der Waals surface area contributed by atoms with Crippen LogP contribution in [-0.4, -0.2) is 95.4 Å². The molecule has 152 valence electrons. The van der Waals surface area contributed by atoms with Gasteiger partial charge in [-0.05, 0) is 12.8 Å². The number of aliphatic hydroxyl groups excluding tert-OH is 6. The molecule has 0 radical (unpaired) electrons. The molecule has 0 unspecified atom stereocenters. The summed E-state index contributed by atoms with van der Waals surface area (Å²) in [6.07, 6.45) is 1.73. The number of aliphatic hydroxyl groups is 6. The SMILES string of the molecule is O=C(/C=C\C(=O)OCCC(CO)(CO)CO)OCCC(CO)(CO)CO. The van der Waals surface area contributed by atoms with Gasteiger partial charge in [-0.1, -0.05) is 0 Å². The van der Waals surface area contributed by atoms with Gasteiger partial charge in [-0.2, -0.15) is 0 Å². The van der Waals surface area contributed by atoms with Crippen molar-refractivity contribution in [2.45, 2.75) is 12.8 Å². The highest BCUT2D eigenvalue weighted by Gasteiger charge is 2.29. The first-order valence-electron chi connectivity index (χ1n) is 8.03. The van der Waals surface area contributed by atoms with Gasteiger partial charge in [0.2, 0.25) is 0 Å². The van der Waals surface area contributed by atoms with E-state index in [0.29, 0.717) is 0 Å². The van der Waals surface area contributed by atoms with Crippen LogP contribution in [0, 0.1) is 10.8 Å². The van der Waals surface area contributed by atoms with Gasteiger partial charge in [-0.15, -0.1) is 0 Å². The van der Waals surface area contributed by atoms with Gasteiger partial charge < -0.3 is 40.1 Å². The van der Waals surface area contributed by atoms with Gasteiger partial charge in [-0.3, -0.25) is 0 Å². The normalized spacial score (nSPS) is 12.4. The zero-order chi connectivity index (χ0) is 20.1. The van der Waals surface area contributed by atoms with Crippen LogP contribution in [0.1, 0.15) is 12.8 Å². The Bertz CT molecular complexity index is 384. The zero-order valence-electron chi connectivity index (χ0n) is 14.5. The van der Waals surface area contributed by atoms with Crippen LogP contribution in [0.3, 0.4) is 0 Å². The summed E-state index contributed by atoms with van der Waals surface area (Å²) in [6.45, 7) is -3.20. The van der Waals surface area contributed by atoms with Crippen LogP contribution in [0.15, 0.2) is 12.2 Å². The molecule has 0 aliphatic carbocycles. The number of rotatable bonds is 14. The van der Waals surface area contributed by atoms with Gasteiger partial charge in [-0.25, -0.2) is 9.59 Å². The lowest BCUT2D eigenvalue weighted by Gasteiger charge is -2.26. The zero-order valence-corrected chi connectivity index (χ0v) is 14.5. The average molecular weight is 380 g/mol. The van der Waals surface area contributed by atoms with Crippen molar-refractivity contribution in [1.82, 2.24) is 0 Å². The molecule has 6 N–H and O–H groups in total. The fourth-order valence-corrected chi connectivity index (χ4v) is 1.74. The van der Waals surface area contributed by atoms with Crippen molar-refractivity contribution >= 4 is 11.9 Å². The summed E-state index contributed by atoms with van der Waals surface area (Å²) in [5.74, 6) is -1.69. The molecule has 0 aromatic heterocycles. The molecule has 0 aliphatic heterocycles. The van der Waals surface area contributed by atoms with Crippen molar-refractivity contribution in [3.05, 3.63) is 12.2 Å². The fraction of sp³-hybridized carbons (Fsp3) is 0.750. The Morgan fingerprint density at radius 2 is 0.885 bits per heavy atom. The van der Waals surface area contributed by atoms with Gasteiger partial charge in [0.25, 0.3) is 0 Å². The van der Waals surface area contributed by atoms with Crippen LogP contribution < -0.4 is 0 Å². The molecule has 0 bridgehead atoms. The second-order valence-corrected chi connectivity index (χ2v) is 6.12. The Balaban J connectivity index is 4.22. The summed E-state index contributed by atoms with van der Waals surface area (Å²) < 4.78 is 9.60. The van der Waals surface area contributed by atoms with Gasteiger partial charge in [0, 0.05) is 23.0 Å². The summed E-state index contributed by atoms with van der Waals surface area (Å²) in [4.78, 5) is 22.9. The van der Waals surface area contributed by atoms with E-state index in [1.807, 2.05) is 0 Å². The lowest BCUT2D eigenvalue weighted by atomic mass is 9.88. The smallest absolute Gasteiger partial charge is 0.331 e. The van der Waals surface area contributed by atoms with E-state index in [1.165, 1.54) is 0 Å². The largest absolute Gasteiger partial charge is 0.463 e. The molecule has 0 aromatic rings. The third-order valence-corrected chi connectivity index (χ3v) is 4.12. The second-order valence-electron chi connectivity index (χ2n) is 6.12. The number of hydrogen-bond acceptors (Lipinski definition) is 10. The summed E-state index contributed by atoms with van der Waals surface area (Å²) >= 11 is 0. The Morgan fingerprint density at radius 1 is 0.615 bits per heavy atom. The highest BCUT2D eigenvalue weighted by atomic mass is 16.5. The Hall–Kier alpha value is -1.56. The number of hydrogen-bond donors (Lipinski definition) is 6. The van der Waals surface area contributed by atoms with Crippen molar-refractivity contribution in [2.24, 2.45) is 10.8 Å². The predicted octanol–water partition coefficient (Wildman–Crippen LogP) is -2.66. The molecular weight excluding hydrogens is 352 g/mol. The highest BCUT2D eigenvalue weighted by molar-refractivity contribution is 5.91. The van der Waals surface area contributed by atoms with Crippen molar-refractivity contribution in [3.8, 4) is 0 Å². The maximum atomic E-state index is 11.5. The third kappa shape index (κ3) is 8.21. The number of ether oxygens (including phenoxy) is 2. The van der Waals surface area contributed by atoms with Crippen LogP contribution >= 0.6 is 0 Å². The molecule has 0 amide bonds. The van der Waals surface area contributed by atoms with E-state index in [2.05, 4.69) is 0 Å². The van der Waals surface area contributed by atoms with E-state index in [1.54, 1.807) is 0 Å². The summed E-state index contributed by atoms with van der Waals surface area (Å²) in [5.41, 5.74) is -2.30. The first-order chi connectivity index (χ1) is 12.4. The Kier molecular flexibility index (Phi) is 12.0. The van der Waals surface area contributed by atoms with E-state index in [4.69, 9.17) is 40.1 Å². The van der Waals surface area contributed by atoms with Gasteiger partial charge in [0.15, 0.2) is 0 Å². The van der Waals surface area contributed by atoms with Gasteiger partial charge in [0.05, 0.1) is 52.9 Å². The molecule has 0 saturated heterocycles. The summed E-state index contributed by atoms with van der Waals surface area (Å²) in [5, 5.41) is 54.8. The first kappa shape index (κ1) is 24.4. The third-order valence-electron chi connectivity index (χ3n) is 4.12. The van der Waals surface area contributed by atoms with Crippen LogP contribution in [-0.2, 0) is 19.1 Å². The fourth-order valence-electron chi connectivity index (χ4n) is 1.74. The minimum Gasteiger partial charge on any atom is -0.463 e. The predicted molar refractivity (Wildman–Crippen MR) is 87.7 cm³/mol. The van der Waals surface area contributed by atoms with Crippen molar-refractivity contribution in [1.29, 1.82) is 0 Å². The molecule has 10 heteroatoms. The molecule has 0 rings (SSSR count). The molecule has 0 atom stereocenters. The molecule has 0 aromatic carbocycles. The van der Waals surface area contributed by atoms with Gasteiger partial charge >= 0.3 is 11.9 Å². The van der Waals surface area contributed by atoms with E-state index < -0.39 is 62.4 Å². The lowest BCUT2D eigenvalue weighted by Crippen LogP contribution is -2.35. The van der Waals surface area contributed by atoms with E-state index in [9.17, 15) is 9.59 Å². The first-order valence-corrected chi connectivity index (χ1v) is 8.03. The summed E-state index contributed by atoms with van der Waals surface area (Å²) in [6, 6.07) is 0. The number of esters is 2. The molecule has 0 fully saturated rings. The van der Waals surface area contributed by atoms with E-state index in [-0.39, 0.29) is 26.1 Å². The minimum atomic E-state index is -1.15. The van der Waals surface area contributed by atoms with Crippen molar-refractivity contribution < 1.29 is 49.7 Å². The quantitative estimate of drug-likeness (QED) is 0.138. The lowest BCUT2D eigenvalue weighted by molar-refractivity contribution is -0.142. The molecule has 0 saturated carbocycles. The topological polar surface area (TPSA) is 174 Å². The number of carbonyl (C=O) groups is 2.